The first-order chi connectivity index (χ1) is 10.1. The maximum Gasteiger partial charge on any atom is 0.163 e. The van der Waals surface area contributed by atoms with E-state index in [1.165, 1.54) is 0 Å². The van der Waals surface area contributed by atoms with Crippen LogP contribution in [0.1, 0.15) is 23.2 Å². The van der Waals surface area contributed by atoms with Gasteiger partial charge in [-0.05, 0) is 28.4 Å². The topological polar surface area (TPSA) is 26.3 Å². The molecule has 0 spiro atoms. The van der Waals surface area contributed by atoms with E-state index in [1.807, 2.05) is 30.3 Å². The van der Waals surface area contributed by atoms with Gasteiger partial charge in [-0.15, -0.1) is 0 Å². The third kappa shape index (κ3) is 4.73. The molecule has 0 amide bonds. The van der Waals surface area contributed by atoms with E-state index < -0.39 is 0 Å². The summed E-state index contributed by atoms with van der Waals surface area (Å²) in [6, 6.07) is 12.6. The van der Waals surface area contributed by atoms with Gasteiger partial charge in [0.15, 0.2) is 5.78 Å². The summed E-state index contributed by atoms with van der Waals surface area (Å²) >= 11 is 15.3. The number of carbonyl (C=O) groups excluding carboxylic acids is 1. The molecule has 0 aromatic heterocycles. The fraction of sp³-hybridized carbons (Fsp3) is 0.188. The lowest BCUT2D eigenvalue weighted by molar-refractivity contribution is 0.0973. The van der Waals surface area contributed by atoms with Gasteiger partial charge in [-0.2, -0.15) is 0 Å². The summed E-state index contributed by atoms with van der Waals surface area (Å²) in [5.41, 5.74) is 0.724. The number of halogens is 3. The molecule has 0 aliphatic rings. The second-order valence-corrected chi connectivity index (χ2v) is 6.11. The molecular weight excluding hydrogens is 375 g/mol. The molecule has 0 unspecified atom stereocenters. The predicted octanol–water partition coefficient (Wildman–Crippen LogP) is 5.80. The smallest absolute Gasteiger partial charge is 0.163 e. The Bertz CT molecular complexity index is 630. The summed E-state index contributed by atoms with van der Waals surface area (Å²) in [6.45, 7) is 0.413. The molecule has 0 N–H and O–H groups in total. The quantitative estimate of drug-likeness (QED) is 0.355. The molecule has 5 heteroatoms. The Morgan fingerprint density at radius 3 is 2.52 bits per heavy atom. The molecule has 0 saturated carbocycles. The van der Waals surface area contributed by atoms with E-state index in [0.29, 0.717) is 35.2 Å². The highest BCUT2D eigenvalue weighted by Gasteiger charge is 2.08. The van der Waals surface area contributed by atoms with Crippen molar-refractivity contribution in [2.24, 2.45) is 0 Å². The van der Waals surface area contributed by atoms with Gasteiger partial charge in [0.05, 0.1) is 16.7 Å². The molecule has 0 radical (unpaired) electrons. The zero-order chi connectivity index (χ0) is 15.2. The number of hydrogen-bond acceptors (Lipinski definition) is 2. The molecule has 2 nitrogen and oxygen atoms in total. The molecule has 0 saturated heterocycles. The molecule has 0 aliphatic carbocycles. The van der Waals surface area contributed by atoms with Gasteiger partial charge < -0.3 is 4.74 Å². The Morgan fingerprint density at radius 2 is 1.81 bits per heavy atom. The highest BCUT2D eigenvalue weighted by Crippen LogP contribution is 2.34. The molecule has 110 valence electrons. The van der Waals surface area contributed by atoms with Gasteiger partial charge in [-0.1, -0.05) is 53.5 Å². The highest BCUT2D eigenvalue weighted by atomic mass is 79.9. The molecule has 21 heavy (non-hydrogen) atoms. The molecule has 2 rings (SSSR count). The van der Waals surface area contributed by atoms with Crippen LogP contribution in [0.25, 0.3) is 0 Å². The number of benzene rings is 2. The standard InChI is InChI=1S/C16H13BrCl2O2/c17-12-9-14(19)16(10-13(12)18)21-8-4-7-15(20)11-5-2-1-3-6-11/h1-3,5-6,9-10H,4,7-8H2. The van der Waals surface area contributed by atoms with Crippen LogP contribution in [0, 0.1) is 0 Å². The fourth-order valence-electron chi connectivity index (χ4n) is 1.80. The summed E-state index contributed by atoms with van der Waals surface area (Å²) in [5, 5.41) is 1.02. The van der Waals surface area contributed by atoms with Crippen molar-refractivity contribution in [2.45, 2.75) is 12.8 Å². The molecular formula is C16H13BrCl2O2. The third-order valence-electron chi connectivity index (χ3n) is 2.88. The summed E-state index contributed by atoms with van der Waals surface area (Å²) in [4.78, 5) is 11.9. The Kier molecular flexibility index (Phi) is 6.09. The van der Waals surface area contributed by atoms with E-state index in [1.54, 1.807) is 12.1 Å². The van der Waals surface area contributed by atoms with Crippen LogP contribution in [0.3, 0.4) is 0 Å². The third-order valence-corrected chi connectivity index (χ3v) is 4.37. The van der Waals surface area contributed by atoms with E-state index in [4.69, 9.17) is 27.9 Å². The van der Waals surface area contributed by atoms with Gasteiger partial charge >= 0.3 is 0 Å². The number of ether oxygens (including phenoxy) is 1. The van der Waals surface area contributed by atoms with E-state index in [9.17, 15) is 4.79 Å². The number of hydrogen-bond donors (Lipinski definition) is 0. The lowest BCUT2D eigenvalue weighted by Gasteiger charge is -2.09. The Labute approximate surface area is 142 Å². The van der Waals surface area contributed by atoms with Crippen molar-refractivity contribution < 1.29 is 9.53 Å². The summed E-state index contributed by atoms with van der Waals surface area (Å²) in [6.07, 6.45) is 1.06. The SMILES string of the molecule is O=C(CCCOc1cc(Cl)c(Br)cc1Cl)c1ccccc1. The molecule has 2 aromatic rings. The average Bonchev–Trinajstić information content (AvgIpc) is 2.49. The van der Waals surface area contributed by atoms with Crippen LogP contribution in [0.15, 0.2) is 46.9 Å². The van der Waals surface area contributed by atoms with Gasteiger partial charge in [0.1, 0.15) is 5.75 Å². The number of Topliss-reactive ketones (excluding diaryl/α,β-unsaturated/α-hetero) is 1. The van der Waals surface area contributed by atoms with Crippen LogP contribution in [0.2, 0.25) is 10.0 Å². The van der Waals surface area contributed by atoms with Gasteiger partial charge in [-0.3, -0.25) is 4.79 Å². The first kappa shape index (κ1) is 16.3. The van der Waals surface area contributed by atoms with Crippen molar-refractivity contribution in [3.8, 4) is 5.75 Å². The number of rotatable bonds is 6. The van der Waals surface area contributed by atoms with Crippen LogP contribution >= 0.6 is 39.1 Å². The first-order valence-electron chi connectivity index (χ1n) is 6.43. The maximum atomic E-state index is 11.9. The number of ketones is 1. The zero-order valence-corrected chi connectivity index (χ0v) is 14.2. The van der Waals surface area contributed by atoms with Crippen molar-refractivity contribution in [3.05, 3.63) is 62.5 Å². The fourth-order valence-corrected chi connectivity index (χ4v) is 2.65. The highest BCUT2D eigenvalue weighted by molar-refractivity contribution is 9.10. The minimum absolute atomic E-state index is 0.110. The molecule has 0 fully saturated rings. The number of carbonyl (C=O) groups is 1. The average molecular weight is 388 g/mol. The lowest BCUT2D eigenvalue weighted by Crippen LogP contribution is -2.04. The van der Waals surface area contributed by atoms with Crippen LogP contribution in [0.4, 0.5) is 0 Å². The second kappa shape index (κ2) is 7.83. The lowest BCUT2D eigenvalue weighted by atomic mass is 10.1. The van der Waals surface area contributed by atoms with E-state index >= 15 is 0 Å². The molecule has 0 aliphatic heterocycles. The summed E-state index contributed by atoms with van der Waals surface area (Å²) < 4.78 is 6.29. The minimum Gasteiger partial charge on any atom is -0.492 e. The van der Waals surface area contributed by atoms with Crippen LogP contribution in [-0.4, -0.2) is 12.4 Å². The maximum absolute atomic E-state index is 11.9. The monoisotopic (exact) mass is 386 g/mol. The second-order valence-electron chi connectivity index (χ2n) is 4.44. The van der Waals surface area contributed by atoms with Crippen LogP contribution < -0.4 is 4.74 Å². The van der Waals surface area contributed by atoms with Crippen molar-refractivity contribution in [1.29, 1.82) is 0 Å². The van der Waals surface area contributed by atoms with Crippen molar-refractivity contribution in [2.75, 3.05) is 6.61 Å². The van der Waals surface area contributed by atoms with Gasteiger partial charge in [0, 0.05) is 22.5 Å². The van der Waals surface area contributed by atoms with Crippen LogP contribution in [-0.2, 0) is 0 Å². The van der Waals surface area contributed by atoms with Gasteiger partial charge in [-0.25, -0.2) is 0 Å². The van der Waals surface area contributed by atoms with Crippen LogP contribution in [0.5, 0.6) is 5.75 Å². The largest absolute Gasteiger partial charge is 0.492 e. The Hall–Kier alpha value is -1.03. The van der Waals surface area contributed by atoms with Crippen molar-refractivity contribution in [1.82, 2.24) is 0 Å². The molecule has 0 bridgehead atoms. The first-order valence-corrected chi connectivity index (χ1v) is 7.98. The molecule has 2 aromatic carbocycles. The van der Waals surface area contributed by atoms with Gasteiger partial charge in [0.25, 0.3) is 0 Å². The van der Waals surface area contributed by atoms with Crippen molar-refractivity contribution in [3.63, 3.8) is 0 Å². The van der Waals surface area contributed by atoms with E-state index in [2.05, 4.69) is 15.9 Å². The van der Waals surface area contributed by atoms with Gasteiger partial charge in [0.2, 0.25) is 0 Å². The zero-order valence-electron chi connectivity index (χ0n) is 11.1. The van der Waals surface area contributed by atoms with E-state index in [0.717, 1.165) is 10.0 Å². The van der Waals surface area contributed by atoms with Crippen molar-refractivity contribution >= 4 is 44.9 Å². The van der Waals surface area contributed by atoms with E-state index in [-0.39, 0.29) is 5.78 Å². The molecule has 0 atom stereocenters. The summed E-state index contributed by atoms with van der Waals surface area (Å²) in [7, 11) is 0. The Balaban J connectivity index is 1.83. The molecule has 0 heterocycles. The minimum atomic E-state index is 0.110. The Morgan fingerprint density at radius 1 is 1.10 bits per heavy atom. The summed E-state index contributed by atoms with van der Waals surface area (Å²) in [5.74, 6) is 0.635. The normalized spacial score (nSPS) is 10.4. The predicted molar refractivity (Wildman–Crippen MR) is 89.7 cm³/mol.